The van der Waals surface area contributed by atoms with Gasteiger partial charge < -0.3 is 15.4 Å². The third kappa shape index (κ3) is 4.37. The van der Waals surface area contributed by atoms with Crippen LogP contribution in [0.2, 0.25) is 0 Å². The molecule has 0 amide bonds. The van der Waals surface area contributed by atoms with Gasteiger partial charge in [0.15, 0.2) is 5.11 Å². The summed E-state index contributed by atoms with van der Waals surface area (Å²) in [6, 6.07) is 8.23. The van der Waals surface area contributed by atoms with Gasteiger partial charge in [-0.25, -0.2) is 0 Å². The quantitative estimate of drug-likeness (QED) is 0.611. The van der Waals surface area contributed by atoms with Crippen LogP contribution in [-0.2, 0) is 0 Å². The lowest BCUT2D eigenvalue weighted by Crippen LogP contribution is -2.37. The van der Waals surface area contributed by atoms with Crippen LogP contribution >= 0.6 is 12.2 Å². The van der Waals surface area contributed by atoms with Gasteiger partial charge in [0.1, 0.15) is 5.75 Å². The van der Waals surface area contributed by atoms with Crippen molar-refractivity contribution in [2.24, 2.45) is 0 Å². The van der Waals surface area contributed by atoms with Crippen LogP contribution in [0.15, 0.2) is 36.9 Å². The highest BCUT2D eigenvalue weighted by Gasteiger charge is 2.10. The van der Waals surface area contributed by atoms with E-state index in [-0.39, 0.29) is 6.04 Å². The van der Waals surface area contributed by atoms with Crippen molar-refractivity contribution in [3.05, 3.63) is 42.5 Å². The molecule has 0 heterocycles. The Morgan fingerprint density at radius 3 is 2.61 bits per heavy atom. The van der Waals surface area contributed by atoms with Gasteiger partial charge in [0.2, 0.25) is 0 Å². The van der Waals surface area contributed by atoms with Crippen molar-refractivity contribution in [2.75, 3.05) is 13.7 Å². The summed E-state index contributed by atoms with van der Waals surface area (Å²) in [5.41, 5.74) is 1.20. The molecule has 1 aromatic carbocycles. The van der Waals surface area contributed by atoms with E-state index in [2.05, 4.69) is 36.3 Å². The second-order valence-corrected chi connectivity index (χ2v) is 4.29. The molecule has 0 aliphatic rings. The Labute approximate surface area is 114 Å². The summed E-state index contributed by atoms with van der Waals surface area (Å²) in [5.74, 6) is 0.862. The summed E-state index contributed by atoms with van der Waals surface area (Å²) >= 11 is 5.22. The van der Waals surface area contributed by atoms with Gasteiger partial charge in [-0.05, 0) is 36.3 Å². The van der Waals surface area contributed by atoms with Gasteiger partial charge in [-0.2, -0.15) is 0 Å². The summed E-state index contributed by atoms with van der Waals surface area (Å²) in [6.45, 7) is 6.44. The Balaban J connectivity index is 2.64. The average Bonchev–Trinajstić information content (AvgIpc) is 2.42. The average molecular weight is 264 g/mol. The predicted molar refractivity (Wildman–Crippen MR) is 80.0 cm³/mol. The van der Waals surface area contributed by atoms with Crippen LogP contribution in [0, 0.1) is 0 Å². The van der Waals surface area contributed by atoms with Crippen molar-refractivity contribution in [1.29, 1.82) is 0 Å². The van der Waals surface area contributed by atoms with Gasteiger partial charge in [-0.1, -0.05) is 25.1 Å². The van der Waals surface area contributed by atoms with E-state index in [0.717, 1.165) is 12.2 Å². The van der Waals surface area contributed by atoms with E-state index in [1.807, 2.05) is 12.1 Å². The fraction of sp³-hybridized carbons (Fsp3) is 0.357. The van der Waals surface area contributed by atoms with E-state index in [9.17, 15) is 0 Å². The van der Waals surface area contributed by atoms with Crippen LogP contribution < -0.4 is 15.4 Å². The molecule has 4 heteroatoms. The van der Waals surface area contributed by atoms with Gasteiger partial charge in [0.05, 0.1) is 13.2 Å². The Morgan fingerprint density at radius 2 is 2.11 bits per heavy atom. The molecule has 18 heavy (non-hydrogen) atoms. The van der Waals surface area contributed by atoms with E-state index in [0.29, 0.717) is 11.7 Å². The molecule has 0 bridgehead atoms. The zero-order chi connectivity index (χ0) is 13.4. The maximum atomic E-state index is 5.22. The normalized spacial score (nSPS) is 11.4. The second-order valence-electron chi connectivity index (χ2n) is 3.88. The predicted octanol–water partition coefficient (Wildman–Crippen LogP) is 2.80. The van der Waals surface area contributed by atoms with Crippen LogP contribution in [0.1, 0.15) is 24.9 Å². The lowest BCUT2D eigenvalue weighted by molar-refractivity contribution is 0.414. The Morgan fingerprint density at radius 1 is 1.44 bits per heavy atom. The number of hydrogen-bond donors (Lipinski definition) is 2. The second kappa shape index (κ2) is 7.71. The standard InChI is InChI=1S/C14H20N2OS/c1-4-10-15-14(18)16-13(5-2)11-6-8-12(17-3)9-7-11/h4,6-9,13H,1,5,10H2,2-3H3,(H2,15,16,18)/t13-/m1/s1. The van der Waals surface area contributed by atoms with Crippen molar-refractivity contribution in [3.8, 4) is 5.75 Å². The topological polar surface area (TPSA) is 33.3 Å². The number of hydrogen-bond acceptors (Lipinski definition) is 2. The number of benzene rings is 1. The highest BCUT2D eigenvalue weighted by Crippen LogP contribution is 2.19. The maximum Gasteiger partial charge on any atom is 0.167 e. The third-order valence-corrected chi connectivity index (χ3v) is 2.90. The molecule has 0 aliphatic heterocycles. The van der Waals surface area contributed by atoms with E-state index in [1.165, 1.54) is 5.56 Å². The lowest BCUT2D eigenvalue weighted by Gasteiger charge is -2.19. The van der Waals surface area contributed by atoms with Crippen LogP contribution in [0.3, 0.4) is 0 Å². The molecule has 3 nitrogen and oxygen atoms in total. The first-order chi connectivity index (χ1) is 8.71. The van der Waals surface area contributed by atoms with Crippen molar-refractivity contribution >= 4 is 17.3 Å². The zero-order valence-electron chi connectivity index (χ0n) is 10.9. The van der Waals surface area contributed by atoms with Crippen LogP contribution in [0.25, 0.3) is 0 Å². The minimum atomic E-state index is 0.209. The summed E-state index contributed by atoms with van der Waals surface area (Å²) in [4.78, 5) is 0. The smallest absolute Gasteiger partial charge is 0.167 e. The number of thiocarbonyl (C=S) groups is 1. The number of nitrogens with one attached hydrogen (secondary N) is 2. The van der Waals surface area contributed by atoms with Gasteiger partial charge in [-0.3, -0.25) is 0 Å². The molecular formula is C14H20N2OS. The molecule has 0 fully saturated rings. The minimum Gasteiger partial charge on any atom is -0.497 e. The lowest BCUT2D eigenvalue weighted by atomic mass is 10.0. The summed E-state index contributed by atoms with van der Waals surface area (Å²) in [6.07, 6.45) is 2.74. The molecule has 0 radical (unpaired) electrons. The Hall–Kier alpha value is -1.55. The molecule has 1 aromatic rings. The van der Waals surface area contributed by atoms with Crippen molar-refractivity contribution in [1.82, 2.24) is 10.6 Å². The molecule has 1 rings (SSSR count). The molecule has 0 saturated heterocycles. The first-order valence-electron chi connectivity index (χ1n) is 6.00. The highest BCUT2D eigenvalue weighted by atomic mass is 32.1. The Bertz CT molecular complexity index is 389. The zero-order valence-corrected chi connectivity index (χ0v) is 11.7. The first kappa shape index (κ1) is 14.5. The van der Waals surface area contributed by atoms with Crippen LogP contribution in [0.4, 0.5) is 0 Å². The van der Waals surface area contributed by atoms with Crippen molar-refractivity contribution in [2.45, 2.75) is 19.4 Å². The number of methoxy groups -OCH3 is 1. The van der Waals surface area contributed by atoms with Gasteiger partial charge in [0, 0.05) is 6.54 Å². The van der Waals surface area contributed by atoms with Crippen LogP contribution in [0.5, 0.6) is 5.75 Å². The van der Waals surface area contributed by atoms with E-state index >= 15 is 0 Å². The molecule has 0 saturated carbocycles. The molecular weight excluding hydrogens is 244 g/mol. The molecule has 0 unspecified atom stereocenters. The van der Waals surface area contributed by atoms with Gasteiger partial charge in [0.25, 0.3) is 0 Å². The Kier molecular flexibility index (Phi) is 6.22. The SMILES string of the molecule is C=CCNC(=S)N[C@H](CC)c1ccc(OC)cc1. The molecule has 98 valence electrons. The fourth-order valence-electron chi connectivity index (χ4n) is 1.63. The number of ether oxygens (including phenoxy) is 1. The largest absolute Gasteiger partial charge is 0.497 e. The molecule has 0 aromatic heterocycles. The van der Waals surface area contributed by atoms with E-state index in [4.69, 9.17) is 17.0 Å². The molecule has 1 atom stereocenters. The number of rotatable bonds is 6. The summed E-state index contributed by atoms with van der Waals surface area (Å²) in [5, 5.41) is 7.00. The molecule has 0 spiro atoms. The van der Waals surface area contributed by atoms with Crippen molar-refractivity contribution < 1.29 is 4.74 Å². The van der Waals surface area contributed by atoms with Gasteiger partial charge >= 0.3 is 0 Å². The van der Waals surface area contributed by atoms with E-state index < -0.39 is 0 Å². The minimum absolute atomic E-state index is 0.209. The first-order valence-corrected chi connectivity index (χ1v) is 6.41. The van der Waals surface area contributed by atoms with Crippen molar-refractivity contribution in [3.63, 3.8) is 0 Å². The molecule has 0 aliphatic carbocycles. The van der Waals surface area contributed by atoms with E-state index in [1.54, 1.807) is 13.2 Å². The summed E-state index contributed by atoms with van der Waals surface area (Å²) < 4.78 is 5.15. The molecule has 2 N–H and O–H groups in total. The third-order valence-electron chi connectivity index (χ3n) is 2.64. The maximum absolute atomic E-state index is 5.22. The monoisotopic (exact) mass is 264 g/mol. The van der Waals surface area contributed by atoms with Crippen LogP contribution in [-0.4, -0.2) is 18.8 Å². The highest BCUT2D eigenvalue weighted by molar-refractivity contribution is 7.80. The van der Waals surface area contributed by atoms with Gasteiger partial charge in [-0.15, -0.1) is 6.58 Å². The summed E-state index contributed by atoms with van der Waals surface area (Å²) in [7, 11) is 1.67. The fourth-order valence-corrected chi connectivity index (χ4v) is 1.86.